The third-order valence-electron chi connectivity index (χ3n) is 9.50. The molecule has 6 rings (SSSR count). The molecule has 1 saturated carbocycles. The lowest BCUT2D eigenvalue weighted by Crippen LogP contribution is -2.64. The summed E-state index contributed by atoms with van der Waals surface area (Å²) in [6.07, 6.45) is 1.70. The Hall–Kier alpha value is -2.66. The Balaban J connectivity index is 0.00000504. The average Bonchev–Trinajstić information content (AvgIpc) is 3.91. The lowest BCUT2D eigenvalue weighted by atomic mass is 9.82. The zero-order chi connectivity index (χ0) is 35.6. The number of piperazine rings is 1. The predicted octanol–water partition coefficient (Wildman–Crippen LogP) is 8.91. The highest BCUT2D eigenvalue weighted by Crippen LogP contribution is 2.43. The summed E-state index contributed by atoms with van der Waals surface area (Å²) >= 11 is 22.0. The molecule has 2 aliphatic heterocycles. The molecule has 0 spiro atoms. The first-order valence-corrected chi connectivity index (χ1v) is 18.7. The van der Waals surface area contributed by atoms with Crippen LogP contribution >= 0.6 is 63.1 Å². The number of hydrogen-bond donors (Lipinski definition) is 1. The van der Waals surface area contributed by atoms with Crippen molar-refractivity contribution in [1.82, 2.24) is 15.1 Å². The number of aryl methyl sites for hydroxylation is 1. The molecule has 0 aromatic heterocycles. The van der Waals surface area contributed by atoms with Gasteiger partial charge in [0.05, 0.1) is 12.1 Å². The third-order valence-corrected chi connectivity index (χ3v) is 11.4. The highest BCUT2D eigenvalue weighted by Gasteiger charge is 2.50. The van der Waals surface area contributed by atoms with E-state index < -0.39 is 21.5 Å². The average molecular weight is 842 g/mol. The van der Waals surface area contributed by atoms with Gasteiger partial charge in [-0.15, -0.1) is 12.4 Å². The number of nitrogens with one attached hydrogen (secondary N) is 1. The van der Waals surface area contributed by atoms with Gasteiger partial charge in [-0.05, 0) is 98.7 Å². The summed E-state index contributed by atoms with van der Waals surface area (Å²) in [7, 11) is 0. The standard InChI is InChI=1S/C38H41BrCl3N3O5.ClH/c1-24-6-4-5-7-26(24)23-44(28-12-13-28)35(46)34-32(20-29-21-43-22-33(34)45(29)36(47)50-37(2,3)38(40,41)42)25-8-14-30(15-9-25)48-18-19-49-31-16-10-27(39)11-17-31;/h4-11,14-17,28-29,33,43H,12-13,18-23H2,1-3H3;1H. The van der Waals surface area contributed by atoms with E-state index >= 15 is 0 Å². The Kier molecular flexibility index (Phi) is 12.8. The van der Waals surface area contributed by atoms with Crippen molar-refractivity contribution in [1.29, 1.82) is 0 Å². The number of rotatable bonds is 11. The molecule has 2 unspecified atom stereocenters. The largest absolute Gasteiger partial charge is 0.490 e. The zero-order valence-electron chi connectivity index (χ0n) is 28.7. The summed E-state index contributed by atoms with van der Waals surface area (Å²) in [5, 5.41) is 3.45. The number of fused-ring (bicyclic) bond motifs is 2. The van der Waals surface area contributed by atoms with Crippen LogP contribution in [0.15, 0.2) is 82.8 Å². The van der Waals surface area contributed by atoms with Crippen molar-refractivity contribution in [3.05, 3.63) is 99.5 Å². The molecule has 3 aromatic carbocycles. The summed E-state index contributed by atoms with van der Waals surface area (Å²) < 4.78 is 16.8. The minimum absolute atomic E-state index is 0. The minimum Gasteiger partial charge on any atom is -0.490 e. The van der Waals surface area contributed by atoms with Crippen LogP contribution in [0.4, 0.5) is 4.79 Å². The van der Waals surface area contributed by atoms with Gasteiger partial charge in [0.2, 0.25) is 3.79 Å². The molecule has 13 heteroatoms. The van der Waals surface area contributed by atoms with Crippen LogP contribution in [0.5, 0.6) is 11.5 Å². The van der Waals surface area contributed by atoms with Crippen LogP contribution in [0.1, 0.15) is 49.8 Å². The van der Waals surface area contributed by atoms with E-state index in [1.165, 1.54) is 0 Å². The molecule has 51 heavy (non-hydrogen) atoms. The number of benzene rings is 3. The Bertz CT molecular complexity index is 1730. The minimum atomic E-state index is -1.85. The van der Waals surface area contributed by atoms with Crippen LogP contribution in [0.3, 0.4) is 0 Å². The van der Waals surface area contributed by atoms with Crippen molar-refractivity contribution in [2.75, 3.05) is 26.3 Å². The van der Waals surface area contributed by atoms with Crippen LogP contribution in [-0.2, 0) is 16.1 Å². The Morgan fingerprint density at radius 2 is 1.53 bits per heavy atom. The Morgan fingerprint density at radius 3 is 2.12 bits per heavy atom. The number of halogens is 5. The van der Waals surface area contributed by atoms with Gasteiger partial charge in [0, 0.05) is 35.7 Å². The Labute approximate surface area is 329 Å². The van der Waals surface area contributed by atoms with Gasteiger partial charge in [-0.2, -0.15) is 0 Å². The lowest BCUT2D eigenvalue weighted by Gasteiger charge is -2.48. The molecule has 0 radical (unpaired) electrons. The molecule has 1 N–H and O–H groups in total. The SMILES string of the molecule is Cc1ccccc1CN(C(=O)C1=C(c2ccc(OCCOc3ccc(Br)cc3)cc2)CC2CNCC1N2C(=O)OC(C)(C)C(Cl)(Cl)Cl)C1CC1.Cl. The van der Waals surface area contributed by atoms with Crippen LogP contribution in [0, 0.1) is 6.92 Å². The van der Waals surface area contributed by atoms with Crippen LogP contribution in [0.2, 0.25) is 0 Å². The van der Waals surface area contributed by atoms with E-state index in [9.17, 15) is 9.59 Å². The first-order chi connectivity index (χ1) is 23.8. The van der Waals surface area contributed by atoms with Gasteiger partial charge in [-0.3, -0.25) is 9.69 Å². The molecule has 3 aliphatic rings. The quantitative estimate of drug-likeness (QED) is 0.154. The number of carbonyl (C=O) groups excluding carboxylic acids is 2. The number of nitrogens with zero attached hydrogens (tertiary/aromatic N) is 2. The molecule has 2 fully saturated rings. The molecule has 2 atom stereocenters. The lowest BCUT2D eigenvalue weighted by molar-refractivity contribution is -0.129. The fourth-order valence-electron chi connectivity index (χ4n) is 6.43. The van der Waals surface area contributed by atoms with E-state index in [1.54, 1.807) is 18.7 Å². The molecule has 2 amide bonds. The monoisotopic (exact) mass is 839 g/mol. The van der Waals surface area contributed by atoms with Gasteiger partial charge in [-0.25, -0.2) is 4.79 Å². The molecule has 2 bridgehead atoms. The Morgan fingerprint density at radius 1 is 0.922 bits per heavy atom. The van der Waals surface area contributed by atoms with Crippen molar-refractivity contribution < 1.29 is 23.8 Å². The van der Waals surface area contributed by atoms with Crippen LogP contribution < -0.4 is 14.8 Å². The maximum Gasteiger partial charge on any atom is 0.411 e. The van der Waals surface area contributed by atoms with Gasteiger partial charge in [0.25, 0.3) is 5.91 Å². The molecule has 2 heterocycles. The van der Waals surface area contributed by atoms with Crippen molar-refractivity contribution in [2.24, 2.45) is 0 Å². The van der Waals surface area contributed by atoms with E-state index in [0.29, 0.717) is 50.6 Å². The first-order valence-electron chi connectivity index (χ1n) is 16.8. The molecule has 8 nitrogen and oxygen atoms in total. The molecule has 274 valence electrons. The fourth-order valence-corrected chi connectivity index (χ4v) is 6.81. The van der Waals surface area contributed by atoms with E-state index in [2.05, 4.69) is 40.3 Å². The number of alkyl halides is 3. The van der Waals surface area contributed by atoms with E-state index in [1.807, 2.05) is 65.6 Å². The molecule has 1 aliphatic carbocycles. The van der Waals surface area contributed by atoms with Gasteiger partial charge < -0.3 is 24.4 Å². The van der Waals surface area contributed by atoms with E-state index in [-0.39, 0.29) is 30.4 Å². The third kappa shape index (κ3) is 9.29. The maximum atomic E-state index is 14.9. The summed E-state index contributed by atoms with van der Waals surface area (Å²) in [5.41, 5.74) is 3.21. The van der Waals surface area contributed by atoms with Crippen molar-refractivity contribution >= 4 is 80.7 Å². The highest BCUT2D eigenvalue weighted by atomic mass is 79.9. The second-order valence-electron chi connectivity index (χ2n) is 13.5. The zero-order valence-corrected chi connectivity index (χ0v) is 33.3. The van der Waals surface area contributed by atoms with Crippen molar-refractivity contribution in [2.45, 2.75) is 74.1 Å². The maximum absolute atomic E-state index is 14.9. The summed E-state index contributed by atoms with van der Waals surface area (Å²) in [5.74, 6) is 1.38. The van der Waals surface area contributed by atoms with Crippen LogP contribution in [-0.4, -0.2) is 75.6 Å². The smallest absolute Gasteiger partial charge is 0.411 e. The van der Waals surface area contributed by atoms with E-state index in [0.717, 1.165) is 45.3 Å². The van der Waals surface area contributed by atoms with Gasteiger partial charge in [-0.1, -0.05) is 87.1 Å². The van der Waals surface area contributed by atoms with Gasteiger partial charge >= 0.3 is 6.09 Å². The molecular weight excluding hydrogens is 800 g/mol. The van der Waals surface area contributed by atoms with E-state index in [4.69, 9.17) is 49.0 Å². The fraction of sp³-hybridized carbons (Fsp3) is 0.421. The summed E-state index contributed by atoms with van der Waals surface area (Å²) in [4.78, 5) is 32.5. The highest BCUT2D eigenvalue weighted by molar-refractivity contribution is 9.10. The number of ether oxygens (including phenoxy) is 3. The topological polar surface area (TPSA) is 80.3 Å². The van der Waals surface area contributed by atoms with Gasteiger partial charge in [0.15, 0.2) is 5.60 Å². The number of hydrogen-bond acceptors (Lipinski definition) is 6. The van der Waals surface area contributed by atoms with Crippen molar-refractivity contribution in [3.63, 3.8) is 0 Å². The second kappa shape index (κ2) is 16.6. The molecular formula is C38H42BrCl4N3O5. The number of amides is 2. The number of carbonyl (C=O) groups is 2. The summed E-state index contributed by atoms with van der Waals surface area (Å²) in [6, 6.07) is 22.8. The van der Waals surface area contributed by atoms with Gasteiger partial charge in [0.1, 0.15) is 24.7 Å². The van der Waals surface area contributed by atoms with Crippen molar-refractivity contribution in [3.8, 4) is 11.5 Å². The summed E-state index contributed by atoms with van der Waals surface area (Å²) in [6.45, 7) is 7.35. The first kappa shape index (κ1) is 39.5. The molecule has 3 aromatic rings. The second-order valence-corrected chi connectivity index (χ2v) is 16.7. The normalized spacial score (nSPS) is 18.8. The van der Waals surface area contributed by atoms with Crippen LogP contribution in [0.25, 0.3) is 5.57 Å². The predicted molar refractivity (Wildman–Crippen MR) is 208 cm³/mol. The molecule has 1 saturated heterocycles.